The van der Waals surface area contributed by atoms with Gasteiger partial charge in [-0.2, -0.15) is 0 Å². The molecule has 2 rings (SSSR count). The molecule has 0 aliphatic carbocycles. The number of hydrogen-bond acceptors (Lipinski definition) is 4. The van der Waals surface area contributed by atoms with E-state index in [0.29, 0.717) is 5.39 Å². The van der Waals surface area contributed by atoms with Crippen molar-refractivity contribution in [3.05, 3.63) is 72.8 Å². The summed E-state index contributed by atoms with van der Waals surface area (Å²) in [5.41, 5.74) is 0.378. The number of rotatable bonds is 6. The fourth-order valence-electron chi connectivity index (χ4n) is 2.08. The molecule has 0 radical (unpaired) electrons. The van der Waals surface area contributed by atoms with E-state index in [0.717, 1.165) is 5.39 Å². The highest BCUT2D eigenvalue weighted by Gasteiger charge is 2.22. The van der Waals surface area contributed by atoms with Crippen LogP contribution in [0.1, 0.15) is 20.7 Å². The number of benzene rings is 2. The predicted molar refractivity (Wildman–Crippen MR) is 84.9 cm³/mol. The van der Waals surface area contributed by atoms with Crippen LogP contribution in [0, 0.1) is 0 Å². The molecule has 0 N–H and O–H groups in total. The number of carbonyl (C=O) groups excluding carboxylic acids is 2. The minimum atomic E-state index is -0.587. The van der Waals surface area contributed by atoms with E-state index in [9.17, 15) is 9.59 Å². The molecule has 0 saturated heterocycles. The number of carbonyl (C=O) groups is 2. The van der Waals surface area contributed by atoms with Gasteiger partial charge in [-0.3, -0.25) is 0 Å². The summed E-state index contributed by atoms with van der Waals surface area (Å²) in [6.07, 6.45) is 2.94. The number of fused-ring (bicyclic) bond motifs is 1. The second kappa shape index (κ2) is 7.22. The molecule has 0 heterocycles. The Labute approximate surface area is 128 Å². The van der Waals surface area contributed by atoms with Crippen LogP contribution in [0.2, 0.25) is 0 Å². The van der Waals surface area contributed by atoms with Crippen molar-refractivity contribution in [3.8, 4) is 0 Å². The van der Waals surface area contributed by atoms with Crippen LogP contribution < -0.4 is 0 Å². The Morgan fingerprint density at radius 2 is 1.55 bits per heavy atom. The Kier molecular flexibility index (Phi) is 5.09. The van der Waals surface area contributed by atoms with Crippen LogP contribution in [0.15, 0.2) is 61.7 Å². The summed E-state index contributed by atoms with van der Waals surface area (Å²) in [7, 11) is 0. The van der Waals surface area contributed by atoms with Gasteiger partial charge in [-0.1, -0.05) is 55.6 Å². The normalized spacial score (nSPS) is 10.0. The van der Waals surface area contributed by atoms with E-state index in [1.165, 1.54) is 12.2 Å². The lowest BCUT2D eigenvalue weighted by atomic mass is 9.99. The summed E-state index contributed by atoms with van der Waals surface area (Å²) < 4.78 is 10.1. The second-order valence-electron chi connectivity index (χ2n) is 4.48. The van der Waals surface area contributed by atoms with Gasteiger partial charge in [0.05, 0.1) is 11.1 Å². The third-order valence-electron chi connectivity index (χ3n) is 3.02. The first-order chi connectivity index (χ1) is 10.7. The van der Waals surface area contributed by atoms with Crippen LogP contribution in [-0.2, 0) is 9.47 Å². The molecule has 0 aliphatic heterocycles. The van der Waals surface area contributed by atoms with Crippen molar-refractivity contribution in [2.45, 2.75) is 0 Å². The van der Waals surface area contributed by atoms with Gasteiger partial charge in [0.1, 0.15) is 13.2 Å². The van der Waals surface area contributed by atoms with Gasteiger partial charge in [-0.25, -0.2) is 9.59 Å². The molecular weight excluding hydrogens is 280 g/mol. The minimum absolute atomic E-state index is 0.0726. The Hall–Kier alpha value is -2.88. The van der Waals surface area contributed by atoms with Gasteiger partial charge in [-0.15, -0.1) is 0 Å². The van der Waals surface area contributed by atoms with Gasteiger partial charge < -0.3 is 9.47 Å². The van der Waals surface area contributed by atoms with Gasteiger partial charge in [0, 0.05) is 0 Å². The fraction of sp³-hybridized carbons (Fsp3) is 0.111. The summed E-state index contributed by atoms with van der Waals surface area (Å²) >= 11 is 0. The molecule has 2 aromatic rings. The maximum Gasteiger partial charge on any atom is 0.339 e. The Morgan fingerprint density at radius 1 is 0.909 bits per heavy atom. The van der Waals surface area contributed by atoms with Crippen molar-refractivity contribution in [1.29, 1.82) is 0 Å². The number of esters is 2. The highest BCUT2D eigenvalue weighted by atomic mass is 16.5. The summed E-state index contributed by atoms with van der Waals surface area (Å²) in [5.74, 6) is -1.17. The summed E-state index contributed by atoms with van der Waals surface area (Å²) in [4.78, 5) is 24.5. The highest BCUT2D eigenvalue weighted by molar-refractivity contribution is 6.12. The quantitative estimate of drug-likeness (QED) is 0.604. The topological polar surface area (TPSA) is 52.6 Å². The van der Waals surface area contributed by atoms with Gasteiger partial charge in [0.15, 0.2) is 0 Å². The molecule has 0 bridgehead atoms. The van der Waals surface area contributed by atoms with Crippen LogP contribution in [0.25, 0.3) is 10.8 Å². The molecule has 0 aliphatic rings. The van der Waals surface area contributed by atoms with Crippen LogP contribution in [0.3, 0.4) is 0 Å². The average molecular weight is 296 g/mol. The molecule has 4 nitrogen and oxygen atoms in total. The molecule has 22 heavy (non-hydrogen) atoms. The van der Waals surface area contributed by atoms with Gasteiger partial charge in [-0.05, 0) is 16.8 Å². The lowest BCUT2D eigenvalue weighted by molar-refractivity contribution is 0.0505. The molecular formula is C18H16O4. The lowest BCUT2D eigenvalue weighted by Gasteiger charge is -2.11. The van der Waals surface area contributed by atoms with Crippen molar-refractivity contribution in [2.75, 3.05) is 13.2 Å². The zero-order valence-corrected chi connectivity index (χ0v) is 12.1. The second-order valence-corrected chi connectivity index (χ2v) is 4.48. The molecule has 0 saturated carbocycles. The van der Waals surface area contributed by atoms with E-state index in [1.807, 2.05) is 12.1 Å². The molecule has 2 aromatic carbocycles. The monoisotopic (exact) mass is 296 g/mol. The lowest BCUT2D eigenvalue weighted by Crippen LogP contribution is -2.15. The van der Waals surface area contributed by atoms with Crippen molar-refractivity contribution < 1.29 is 19.1 Å². The van der Waals surface area contributed by atoms with Crippen LogP contribution in [0.4, 0.5) is 0 Å². The zero-order chi connectivity index (χ0) is 15.9. The zero-order valence-electron chi connectivity index (χ0n) is 12.1. The highest BCUT2D eigenvalue weighted by Crippen LogP contribution is 2.24. The number of hydrogen-bond donors (Lipinski definition) is 0. The Morgan fingerprint density at radius 3 is 2.23 bits per heavy atom. The van der Waals surface area contributed by atoms with E-state index in [1.54, 1.807) is 24.3 Å². The first-order valence-electron chi connectivity index (χ1n) is 6.76. The first kappa shape index (κ1) is 15.5. The van der Waals surface area contributed by atoms with Crippen molar-refractivity contribution in [3.63, 3.8) is 0 Å². The van der Waals surface area contributed by atoms with Crippen molar-refractivity contribution in [2.24, 2.45) is 0 Å². The van der Waals surface area contributed by atoms with E-state index in [4.69, 9.17) is 9.47 Å². The minimum Gasteiger partial charge on any atom is -0.458 e. The molecule has 4 heteroatoms. The van der Waals surface area contributed by atoms with Crippen LogP contribution in [0.5, 0.6) is 0 Å². The standard InChI is InChI=1S/C18H16O4/c1-3-11-21-17(19)15-10-9-13-7-5-6-8-14(13)16(15)18(20)22-12-4-2/h3-10H,1-2,11-12H2. The van der Waals surface area contributed by atoms with E-state index >= 15 is 0 Å². The fourth-order valence-corrected chi connectivity index (χ4v) is 2.08. The molecule has 0 spiro atoms. The predicted octanol–water partition coefficient (Wildman–Crippen LogP) is 3.53. The van der Waals surface area contributed by atoms with Gasteiger partial charge in [0.25, 0.3) is 0 Å². The summed E-state index contributed by atoms with van der Waals surface area (Å²) in [5, 5.41) is 1.48. The summed E-state index contributed by atoms with van der Waals surface area (Å²) in [6.45, 7) is 7.15. The Balaban J connectivity index is 2.54. The van der Waals surface area contributed by atoms with E-state index < -0.39 is 11.9 Å². The third kappa shape index (κ3) is 3.23. The molecule has 0 aromatic heterocycles. The molecule has 0 atom stereocenters. The van der Waals surface area contributed by atoms with Crippen molar-refractivity contribution in [1.82, 2.24) is 0 Å². The molecule has 0 unspecified atom stereocenters. The largest absolute Gasteiger partial charge is 0.458 e. The molecule has 0 amide bonds. The van der Waals surface area contributed by atoms with Crippen LogP contribution >= 0.6 is 0 Å². The van der Waals surface area contributed by atoms with E-state index in [-0.39, 0.29) is 24.3 Å². The average Bonchev–Trinajstić information content (AvgIpc) is 2.56. The van der Waals surface area contributed by atoms with Crippen LogP contribution in [-0.4, -0.2) is 25.2 Å². The van der Waals surface area contributed by atoms with E-state index in [2.05, 4.69) is 13.2 Å². The molecule has 112 valence electrons. The van der Waals surface area contributed by atoms with Gasteiger partial charge in [0.2, 0.25) is 0 Å². The van der Waals surface area contributed by atoms with Crippen molar-refractivity contribution >= 4 is 22.7 Å². The first-order valence-corrected chi connectivity index (χ1v) is 6.76. The number of ether oxygens (including phenoxy) is 2. The SMILES string of the molecule is C=CCOC(=O)c1ccc2ccccc2c1C(=O)OCC=C. The summed E-state index contributed by atoms with van der Waals surface area (Å²) in [6, 6.07) is 10.6. The third-order valence-corrected chi connectivity index (χ3v) is 3.02. The van der Waals surface area contributed by atoms with Gasteiger partial charge >= 0.3 is 11.9 Å². The molecule has 0 fully saturated rings. The maximum atomic E-state index is 12.3. The maximum absolute atomic E-state index is 12.3. The smallest absolute Gasteiger partial charge is 0.339 e. The Bertz CT molecular complexity index is 731.